The molecular weight excluding hydrogens is 472 g/mol. The third kappa shape index (κ3) is 4.27. The van der Waals surface area contributed by atoms with E-state index in [1.165, 1.54) is 21.9 Å². The van der Waals surface area contributed by atoms with E-state index in [4.69, 9.17) is 4.74 Å². The number of halogens is 2. The van der Waals surface area contributed by atoms with Crippen LogP contribution < -0.4 is 10.2 Å². The zero-order valence-electron chi connectivity index (χ0n) is 19.8. The van der Waals surface area contributed by atoms with Crippen LogP contribution in [-0.2, 0) is 16.0 Å². The second kappa shape index (κ2) is 9.25. The van der Waals surface area contributed by atoms with Gasteiger partial charge in [0.05, 0.1) is 36.2 Å². The zero-order valence-corrected chi connectivity index (χ0v) is 19.8. The van der Waals surface area contributed by atoms with Crippen molar-refractivity contribution in [3.05, 3.63) is 59.2 Å². The standard InChI is InChI=1S/C25H25F2N5O4/c1-14-3-4-31-20(10-17-12-30(25(34)35)5-6-36-17)24(29-21(31)7-14)23-18(26)8-16(9-19(23)27)32-11-15(2)28-22(32)13-33/h3-4,7-9,15,17,28H,5-6,10-12H2,1-2H3,(H,34,35)/t15?,17-/m0/s1. The molecule has 0 bridgehead atoms. The molecule has 2 aliphatic rings. The molecule has 3 aromatic rings. The van der Waals surface area contributed by atoms with Gasteiger partial charge in [0.15, 0.2) is 11.8 Å². The molecule has 36 heavy (non-hydrogen) atoms. The lowest BCUT2D eigenvalue weighted by atomic mass is 10.0. The lowest BCUT2D eigenvalue weighted by Crippen LogP contribution is -2.45. The zero-order chi connectivity index (χ0) is 25.6. The van der Waals surface area contributed by atoms with Crippen molar-refractivity contribution < 1.29 is 28.2 Å². The van der Waals surface area contributed by atoms with Crippen LogP contribution in [0.1, 0.15) is 18.2 Å². The van der Waals surface area contributed by atoms with Crippen LogP contribution in [0.4, 0.5) is 19.3 Å². The minimum absolute atomic E-state index is 0.0820. The number of ether oxygens (including phenoxy) is 1. The number of imidazole rings is 1. The number of rotatable bonds is 4. The minimum atomic E-state index is -1.04. The molecule has 1 aromatic carbocycles. The highest BCUT2D eigenvalue weighted by Gasteiger charge is 2.30. The average molecular weight is 498 g/mol. The number of fused-ring (bicyclic) bond motifs is 1. The van der Waals surface area contributed by atoms with Crippen molar-refractivity contribution in [1.29, 1.82) is 0 Å². The minimum Gasteiger partial charge on any atom is -0.465 e. The largest absolute Gasteiger partial charge is 0.465 e. The summed E-state index contributed by atoms with van der Waals surface area (Å²) < 4.78 is 38.6. The Labute approximate surface area is 205 Å². The molecule has 2 aromatic heterocycles. The summed E-state index contributed by atoms with van der Waals surface area (Å²) in [4.78, 5) is 30.1. The number of pyridine rings is 1. The maximum absolute atomic E-state index is 15.6. The van der Waals surface area contributed by atoms with Crippen LogP contribution in [0, 0.1) is 18.6 Å². The van der Waals surface area contributed by atoms with Gasteiger partial charge in [-0.25, -0.2) is 23.4 Å². The molecule has 11 heteroatoms. The summed E-state index contributed by atoms with van der Waals surface area (Å²) in [6.45, 7) is 4.73. The van der Waals surface area contributed by atoms with Gasteiger partial charge in [-0.3, -0.25) is 0 Å². The highest BCUT2D eigenvalue weighted by molar-refractivity contribution is 5.73. The van der Waals surface area contributed by atoms with Gasteiger partial charge in [-0.05, 0) is 43.7 Å². The predicted octanol–water partition coefficient (Wildman–Crippen LogP) is 2.98. The van der Waals surface area contributed by atoms with Crippen LogP contribution in [-0.4, -0.2) is 69.8 Å². The number of aromatic nitrogens is 2. The van der Waals surface area contributed by atoms with E-state index in [9.17, 15) is 14.7 Å². The van der Waals surface area contributed by atoms with Gasteiger partial charge in [0.2, 0.25) is 0 Å². The molecule has 1 unspecified atom stereocenters. The topological polar surface area (TPSA) is 99.4 Å². The Morgan fingerprint density at radius 2 is 2.03 bits per heavy atom. The molecule has 4 heterocycles. The summed E-state index contributed by atoms with van der Waals surface area (Å²) in [6.07, 6.45) is 0.434. The fraction of sp³-hybridized carbons (Fsp3) is 0.360. The lowest BCUT2D eigenvalue weighted by molar-refractivity contribution is -0.0214. The first-order chi connectivity index (χ1) is 17.2. The summed E-state index contributed by atoms with van der Waals surface area (Å²) in [5, 5.41) is 12.3. The summed E-state index contributed by atoms with van der Waals surface area (Å²) in [7, 11) is 0. The van der Waals surface area contributed by atoms with Gasteiger partial charge in [-0.2, -0.15) is 0 Å². The first-order valence-corrected chi connectivity index (χ1v) is 11.6. The highest BCUT2D eigenvalue weighted by atomic mass is 19.1. The van der Waals surface area contributed by atoms with Crippen molar-refractivity contribution in [2.45, 2.75) is 32.4 Å². The number of nitrogens with zero attached hydrogens (tertiary/aromatic N) is 4. The summed E-state index contributed by atoms with van der Waals surface area (Å²) in [6, 6.07) is 5.94. The molecule has 5 rings (SSSR count). The van der Waals surface area contributed by atoms with Crippen LogP contribution >= 0.6 is 0 Å². The third-order valence-corrected chi connectivity index (χ3v) is 6.49. The second-order valence-corrected chi connectivity index (χ2v) is 9.16. The molecule has 188 valence electrons. The Morgan fingerprint density at radius 3 is 2.72 bits per heavy atom. The molecule has 2 N–H and O–H groups in total. The Bertz CT molecular complexity index is 1380. The van der Waals surface area contributed by atoms with Crippen molar-refractivity contribution >= 4 is 23.4 Å². The van der Waals surface area contributed by atoms with Crippen molar-refractivity contribution in [3.8, 4) is 11.3 Å². The predicted molar refractivity (Wildman–Crippen MR) is 127 cm³/mol. The van der Waals surface area contributed by atoms with Gasteiger partial charge >= 0.3 is 6.09 Å². The number of anilines is 1. The molecule has 2 aliphatic heterocycles. The van der Waals surface area contributed by atoms with E-state index in [1.807, 2.05) is 19.9 Å². The van der Waals surface area contributed by atoms with Crippen molar-refractivity contribution in [1.82, 2.24) is 19.6 Å². The van der Waals surface area contributed by atoms with E-state index in [0.29, 0.717) is 17.9 Å². The molecule has 2 saturated heterocycles. The van der Waals surface area contributed by atoms with Crippen LogP contribution in [0.3, 0.4) is 0 Å². The molecule has 0 radical (unpaired) electrons. The van der Waals surface area contributed by atoms with Crippen LogP contribution in [0.25, 0.3) is 16.9 Å². The number of hydrogen-bond acceptors (Lipinski definition) is 6. The number of benzene rings is 1. The van der Waals surface area contributed by atoms with Gasteiger partial charge < -0.3 is 29.4 Å². The number of carbonyl (C=O) groups excluding carboxylic acids is 1. The van der Waals surface area contributed by atoms with Crippen LogP contribution in [0.5, 0.6) is 0 Å². The Kier molecular flexibility index (Phi) is 6.11. The van der Waals surface area contributed by atoms with E-state index in [-0.39, 0.29) is 54.9 Å². The summed E-state index contributed by atoms with van der Waals surface area (Å²) in [5.41, 5.74) is 1.97. The lowest BCUT2D eigenvalue weighted by Gasteiger charge is -2.31. The normalized spacial score (nSPS) is 20.1. The average Bonchev–Trinajstić information content (AvgIpc) is 3.38. The van der Waals surface area contributed by atoms with E-state index in [0.717, 1.165) is 5.56 Å². The van der Waals surface area contributed by atoms with Crippen LogP contribution in [0.15, 0.2) is 36.3 Å². The van der Waals surface area contributed by atoms with Crippen molar-refractivity contribution in [2.24, 2.45) is 0 Å². The van der Waals surface area contributed by atoms with Gasteiger partial charge in [-0.15, -0.1) is 0 Å². The molecule has 1 amide bonds. The first-order valence-electron chi connectivity index (χ1n) is 11.6. The number of carboxylic acid groups (broad SMARTS) is 1. The fourth-order valence-electron chi connectivity index (χ4n) is 4.81. The van der Waals surface area contributed by atoms with E-state index >= 15 is 8.78 Å². The van der Waals surface area contributed by atoms with E-state index in [1.54, 1.807) is 22.6 Å². The number of morpholine rings is 1. The Morgan fingerprint density at radius 1 is 1.28 bits per heavy atom. The van der Waals surface area contributed by atoms with E-state index < -0.39 is 23.8 Å². The Balaban J connectivity index is 1.58. The van der Waals surface area contributed by atoms with Gasteiger partial charge in [0.25, 0.3) is 0 Å². The van der Waals surface area contributed by atoms with Crippen molar-refractivity contribution in [3.63, 3.8) is 0 Å². The molecule has 2 atom stereocenters. The Hall–Kier alpha value is -3.95. The molecular formula is C25H25F2N5O4. The number of nitrogens with one attached hydrogen (secondary N) is 1. The molecule has 0 spiro atoms. The highest BCUT2D eigenvalue weighted by Crippen LogP contribution is 2.35. The SMILES string of the molecule is Cc1ccn2c(C[C@H]3CN(C(=O)O)CCO3)c(-c3c(F)cc(N4CC(C)NC4=C=O)cc3F)nc2c1. The maximum Gasteiger partial charge on any atom is 0.407 e. The molecule has 9 nitrogen and oxygen atoms in total. The second-order valence-electron chi connectivity index (χ2n) is 9.16. The first kappa shape index (κ1) is 23.8. The maximum atomic E-state index is 15.6. The number of carbonyl (C=O) groups is 1. The summed E-state index contributed by atoms with van der Waals surface area (Å²) >= 11 is 0. The molecule has 0 aliphatic carbocycles. The van der Waals surface area contributed by atoms with Gasteiger partial charge in [0, 0.05) is 37.4 Å². The smallest absolute Gasteiger partial charge is 0.407 e. The van der Waals surface area contributed by atoms with Gasteiger partial charge in [0.1, 0.15) is 17.3 Å². The quantitative estimate of drug-likeness (QED) is 0.535. The number of amides is 1. The van der Waals surface area contributed by atoms with Crippen LogP contribution in [0.2, 0.25) is 0 Å². The molecule has 2 fully saturated rings. The molecule has 0 saturated carbocycles. The number of hydrogen-bond donors (Lipinski definition) is 2. The number of aryl methyl sites for hydroxylation is 1. The monoisotopic (exact) mass is 497 g/mol. The van der Waals surface area contributed by atoms with Gasteiger partial charge in [-0.1, -0.05) is 0 Å². The third-order valence-electron chi connectivity index (χ3n) is 6.49. The van der Waals surface area contributed by atoms with E-state index in [2.05, 4.69) is 10.3 Å². The fourth-order valence-corrected chi connectivity index (χ4v) is 4.81. The summed E-state index contributed by atoms with van der Waals surface area (Å²) in [5.74, 6) is 0.247. The van der Waals surface area contributed by atoms with Crippen molar-refractivity contribution in [2.75, 3.05) is 31.1 Å².